The molecule has 0 fully saturated rings. The molecule has 18 heavy (non-hydrogen) atoms. The normalized spacial score (nSPS) is 11.9. The molecule has 0 spiro atoms. The molecule has 0 rings (SSSR count). The predicted molar refractivity (Wildman–Crippen MR) is 73.5 cm³/mol. The number of unbranched alkanes of at least 4 members (excludes halogenated alkanes) is 5. The summed E-state index contributed by atoms with van der Waals surface area (Å²) in [7, 11) is -3.88. The summed E-state index contributed by atoms with van der Waals surface area (Å²) in [6.45, 7) is 4.45. The minimum atomic E-state index is -3.88. The van der Waals surface area contributed by atoms with Gasteiger partial charge >= 0.3 is 0 Å². The first-order chi connectivity index (χ1) is 8.56. The lowest BCUT2D eigenvalue weighted by Gasteiger charge is -2.05. The molecule has 0 amide bonds. The van der Waals surface area contributed by atoms with Crippen molar-refractivity contribution in [1.82, 2.24) is 5.32 Å². The molecule has 0 aromatic heterocycles. The minimum Gasteiger partial charge on any atom is -0.379 e. The first kappa shape index (κ1) is 17.8. The minimum absolute atomic E-state index is 0.0531. The van der Waals surface area contributed by atoms with Gasteiger partial charge in [0.25, 0.3) is 10.1 Å². The van der Waals surface area contributed by atoms with Crippen LogP contribution in [0.1, 0.15) is 45.4 Å². The molecule has 0 saturated carbocycles. The number of hydrogen-bond acceptors (Lipinski definition) is 4. The van der Waals surface area contributed by atoms with E-state index < -0.39 is 10.1 Å². The Morgan fingerprint density at radius 1 is 1.00 bits per heavy atom. The van der Waals surface area contributed by atoms with Gasteiger partial charge in [-0.1, -0.05) is 39.0 Å². The molecule has 0 saturated heterocycles. The van der Waals surface area contributed by atoms with Crippen LogP contribution in [-0.4, -0.2) is 45.0 Å². The van der Waals surface area contributed by atoms with Gasteiger partial charge in [-0.05, 0) is 13.0 Å². The Morgan fingerprint density at radius 2 is 1.67 bits per heavy atom. The third-order valence-corrected chi connectivity index (χ3v) is 3.30. The maximum Gasteiger partial charge on any atom is 0.267 e. The van der Waals surface area contributed by atoms with Crippen LogP contribution in [0.3, 0.4) is 0 Å². The van der Waals surface area contributed by atoms with Crippen molar-refractivity contribution in [2.45, 2.75) is 45.4 Å². The van der Waals surface area contributed by atoms with E-state index in [1.165, 1.54) is 38.5 Å². The molecule has 0 aliphatic rings. The molecule has 6 heteroatoms. The van der Waals surface area contributed by atoms with Gasteiger partial charge in [-0.2, -0.15) is 8.42 Å². The maximum absolute atomic E-state index is 10.4. The summed E-state index contributed by atoms with van der Waals surface area (Å²) in [4.78, 5) is 0. The van der Waals surface area contributed by atoms with Crippen LogP contribution in [0.15, 0.2) is 0 Å². The fourth-order valence-electron chi connectivity index (χ4n) is 1.57. The van der Waals surface area contributed by atoms with Gasteiger partial charge in [0.15, 0.2) is 0 Å². The van der Waals surface area contributed by atoms with Crippen LogP contribution in [0.2, 0.25) is 0 Å². The lowest BCUT2D eigenvalue weighted by molar-refractivity contribution is 0.149. The zero-order valence-electron chi connectivity index (χ0n) is 11.4. The van der Waals surface area contributed by atoms with Gasteiger partial charge in [-0.15, -0.1) is 0 Å². The van der Waals surface area contributed by atoms with Crippen LogP contribution in [0.5, 0.6) is 0 Å². The molecule has 0 aromatic rings. The van der Waals surface area contributed by atoms with Crippen molar-refractivity contribution in [3.05, 3.63) is 0 Å². The van der Waals surface area contributed by atoms with Crippen molar-refractivity contribution in [2.24, 2.45) is 0 Å². The fraction of sp³-hybridized carbons (Fsp3) is 1.00. The number of rotatable bonds is 13. The Bertz CT molecular complexity index is 267. The molecule has 0 bridgehead atoms. The molecule has 110 valence electrons. The smallest absolute Gasteiger partial charge is 0.267 e. The van der Waals surface area contributed by atoms with E-state index in [-0.39, 0.29) is 12.4 Å². The average Bonchev–Trinajstić information content (AvgIpc) is 2.29. The van der Waals surface area contributed by atoms with Crippen molar-refractivity contribution in [3.63, 3.8) is 0 Å². The van der Waals surface area contributed by atoms with Crippen LogP contribution in [0.25, 0.3) is 0 Å². The van der Waals surface area contributed by atoms with Crippen LogP contribution in [-0.2, 0) is 14.9 Å². The molecule has 0 radical (unpaired) electrons. The highest BCUT2D eigenvalue weighted by atomic mass is 32.2. The van der Waals surface area contributed by atoms with Crippen molar-refractivity contribution in [3.8, 4) is 0 Å². The van der Waals surface area contributed by atoms with Gasteiger partial charge < -0.3 is 10.1 Å². The molecular formula is C12H27NO4S. The first-order valence-corrected chi connectivity index (χ1v) is 8.41. The van der Waals surface area contributed by atoms with E-state index in [1.54, 1.807) is 0 Å². The number of hydrogen-bond donors (Lipinski definition) is 2. The molecule has 0 aliphatic carbocycles. The van der Waals surface area contributed by atoms with E-state index >= 15 is 0 Å². The Morgan fingerprint density at radius 3 is 2.33 bits per heavy atom. The van der Waals surface area contributed by atoms with E-state index in [0.29, 0.717) is 6.61 Å². The standard InChI is InChI=1S/C12H27NO4S/c1-2-3-4-5-6-7-8-13-9-10-17-11-12-18(14,15)16/h13H,2-12H2,1H3,(H,14,15,16). The van der Waals surface area contributed by atoms with Crippen molar-refractivity contribution in [1.29, 1.82) is 0 Å². The van der Waals surface area contributed by atoms with E-state index in [2.05, 4.69) is 12.2 Å². The summed E-state index contributed by atoms with van der Waals surface area (Å²) in [6.07, 6.45) is 7.68. The van der Waals surface area contributed by atoms with Crippen molar-refractivity contribution in [2.75, 3.05) is 32.1 Å². The van der Waals surface area contributed by atoms with E-state index in [9.17, 15) is 8.42 Å². The zero-order valence-corrected chi connectivity index (χ0v) is 12.2. The van der Waals surface area contributed by atoms with Crippen LogP contribution >= 0.6 is 0 Å². The highest BCUT2D eigenvalue weighted by Gasteiger charge is 2.02. The van der Waals surface area contributed by atoms with Crippen molar-refractivity contribution >= 4 is 10.1 Å². The Labute approximate surface area is 111 Å². The van der Waals surface area contributed by atoms with Gasteiger partial charge in [0.1, 0.15) is 0 Å². The van der Waals surface area contributed by atoms with E-state index in [4.69, 9.17) is 9.29 Å². The largest absolute Gasteiger partial charge is 0.379 e. The summed E-state index contributed by atoms with van der Waals surface area (Å²) in [5.74, 6) is -0.329. The van der Waals surface area contributed by atoms with Gasteiger partial charge in [0, 0.05) is 6.54 Å². The summed E-state index contributed by atoms with van der Waals surface area (Å²) < 4.78 is 34.3. The third kappa shape index (κ3) is 15.8. The highest BCUT2D eigenvalue weighted by Crippen LogP contribution is 2.03. The number of nitrogens with one attached hydrogen (secondary N) is 1. The maximum atomic E-state index is 10.4. The summed E-state index contributed by atoms with van der Waals surface area (Å²) in [5, 5.41) is 3.24. The quantitative estimate of drug-likeness (QED) is 0.398. The first-order valence-electron chi connectivity index (χ1n) is 6.80. The van der Waals surface area contributed by atoms with Gasteiger partial charge in [0.2, 0.25) is 0 Å². The summed E-state index contributed by atoms with van der Waals surface area (Å²) in [5.41, 5.74) is 0. The summed E-state index contributed by atoms with van der Waals surface area (Å²) >= 11 is 0. The molecule has 0 unspecified atom stereocenters. The summed E-state index contributed by atoms with van der Waals surface area (Å²) in [6, 6.07) is 0. The molecule has 0 atom stereocenters. The molecule has 0 aromatic carbocycles. The fourth-order valence-corrected chi connectivity index (χ4v) is 1.89. The van der Waals surface area contributed by atoms with Gasteiger partial charge in [-0.3, -0.25) is 4.55 Å². The third-order valence-electron chi connectivity index (χ3n) is 2.62. The Kier molecular flexibility index (Phi) is 11.8. The second-order valence-electron chi connectivity index (χ2n) is 4.42. The topological polar surface area (TPSA) is 75.6 Å². The predicted octanol–water partition coefficient (Wildman–Crippen LogP) is 1.84. The molecular weight excluding hydrogens is 254 g/mol. The Balaban J connectivity index is 3.03. The SMILES string of the molecule is CCCCCCCCNCCOCCS(=O)(=O)O. The van der Waals surface area contributed by atoms with Crippen molar-refractivity contribution < 1.29 is 17.7 Å². The van der Waals surface area contributed by atoms with Crippen LogP contribution in [0, 0.1) is 0 Å². The van der Waals surface area contributed by atoms with E-state index in [1.807, 2.05) is 0 Å². The molecule has 0 aliphatic heterocycles. The van der Waals surface area contributed by atoms with Crippen LogP contribution < -0.4 is 5.32 Å². The Hall–Kier alpha value is -0.170. The number of ether oxygens (including phenoxy) is 1. The molecule has 2 N–H and O–H groups in total. The molecule has 5 nitrogen and oxygen atoms in total. The van der Waals surface area contributed by atoms with Gasteiger partial charge in [-0.25, -0.2) is 0 Å². The highest BCUT2D eigenvalue weighted by molar-refractivity contribution is 7.85. The van der Waals surface area contributed by atoms with E-state index in [0.717, 1.165) is 13.1 Å². The molecule has 0 heterocycles. The lowest BCUT2D eigenvalue weighted by Crippen LogP contribution is -2.22. The second kappa shape index (κ2) is 11.9. The lowest BCUT2D eigenvalue weighted by atomic mass is 10.1. The van der Waals surface area contributed by atoms with Crippen LogP contribution in [0.4, 0.5) is 0 Å². The second-order valence-corrected chi connectivity index (χ2v) is 5.99. The zero-order chi connectivity index (χ0) is 13.7. The average molecular weight is 281 g/mol. The van der Waals surface area contributed by atoms with Gasteiger partial charge in [0.05, 0.1) is 19.0 Å². The monoisotopic (exact) mass is 281 g/mol.